The highest BCUT2D eigenvalue weighted by Crippen LogP contribution is 2.28. The average molecular weight is 429 g/mol. The monoisotopic (exact) mass is 428 g/mol. The van der Waals surface area contributed by atoms with Crippen molar-refractivity contribution in [3.05, 3.63) is 35.9 Å². The van der Waals surface area contributed by atoms with Crippen molar-refractivity contribution in [3.8, 4) is 0 Å². The van der Waals surface area contributed by atoms with E-state index in [1.165, 1.54) is 0 Å². The van der Waals surface area contributed by atoms with Gasteiger partial charge < -0.3 is 30.5 Å². The van der Waals surface area contributed by atoms with Crippen LogP contribution in [-0.4, -0.2) is 73.8 Å². The topological polar surface area (TPSA) is 108 Å². The number of rotatable bonds is 6. The molecule has 0 radical (unpaired) electrons. The number of hydrogen-bond acceptors (Lipinski definition) is 7. The predicted octanol–water partition coefficient (Wildman–Crippen LogP) is 1.37. The molecule has 8 nitrogen and oxygen atoms in total. The average Bonchev–Trinajstić information content (AvgIpc) is 2.78. The maximum atomic E-state index is 8.53. The van der Waals surface area contributed by atoms with Crippen LogP contribution < -0.4 is 16.0 Å². The molecule has 3 unspecified atom stereocenters. The van der Waals surface area contributed by atoms with Crippen LogP contribution in [0.25, 0.3) is 10.9 Å². The quantitative estimate of drug-likeness (QED) is 0.409. The number of methoxy groups -OCH3 is 1. The van der Waals surface area contributed by atoms with E-state index in [1.54, 1.807) is 14.0 Å². The van der Waals surface area contributed by atoms with Gasteiger partial charge in [0.2, 0.25) is 0 Å². The summed E-state index contributed by atoms with van der Waals surface area (Å²) in [6, 6.07) is 10.8. The lowest BCUT2D eigenvalue weighted by atomic mass is 9.98. The van der Waals surface area contributed by atoms with Crippen LogP contribution in [0.2, 0.25) is 0 Å². The fraction of sp³-hybridized carbons (Fsp3) is 0.565. The first-order valence-electron chi connectivity index (χ1n) is 11.1. The van der Waals surface area contributed by atoms with Gasteiger partial charge >= 0.3 is 5.90 Å². The molecular formula is C23H34N5O3+. The number of nitrogens with zero attached hydrogens (tertiary/aromatic N) is 3. The highest BCUT2D eigenvalue weighted by molar-refractivity contribution is 6.01. The number of aliphatic imine (C=N–C) groups is 1. The van der Waals surface area contributed by atoms with Crippen molar-refractivity contribution in [2.24, 2.45) is 10.7 Å². The second-order valence-electron chi connectivity index (χ2n) is 8.44. The van der Waals surface area contributed by atoms with E-state index >= 15 is 0 Å². The summed E-state index contributed by atoms with van der Waals surface area (Å²) in [5.41, 5.74) is 7.46. The minimum atomic E-state index is -0.437. The van der Waals surface area contributed by atoms with E-state index in [9.17, 15) is 0 Å². The molecule has 1 aromatic heterocycles. The van der Waals surface area contributed by atoms with E-state index in [4.69, 9.17) is 25.3 Å². The van der Waals surface area contributed by atoms with Gasteiger partial charge in [0, 0.05) is 50.9 Å². The summed E-state index contributed by atoms with van der Waals surface area (Å²) >= 11 is 0. The largest absolute Gasteiger partial charge is 0.578 e. The first-order chi connectivity index (χ1) is 15.0. The molecule has 2 saturated heterocycles. The Morgan fingerprint density at radius 2 is 2.10 bits per heavy atom. The summed E-state index contributed by atoms with van der Waals surface area (Å²) in [5, 5.41) is 13.3. The highest BCUT2D eigenvalue weighted by atomic mass is 16.5. The third-order valence-electron chi connectivity index (χ3n) is 6.12. The van der Waals surface area contributed by atoms with Crippen molar-refractivity contribution < 1.29 is 14.6 Å². The van der Waals surface area contributed by atoms with Gasteiger partial charge in [0.15, 0.2) is 0 Å². The van der Waals surface area contributed by atoms with Crippen LogP contribution in [0.4, 0.5) is 5.82 Å². The van der Waals surface area contributed by atoms with Crippen LogP contribution in [0.1, 0.15) is 31.7 Å². The Hall–Kier alpha value is -2.26. The number of pyridine rings is 1. The van der Waals surface area contributed by atoms with Crippen LogP contribution in [0.3, 0.4) is 0 Å². The molecule has 4 rings (SSSR count). The van der Waals surface area contributed by atoms with E-state index in [0.29, 0.717) is 24.2 Å². The first kappa shape index (κ1) is 22.0. The summed E-state index contributed by atoms with van der Waals surface area (Å²) in [6.45, 7) is 4.97. The number of fused-ring (bicyclic) bond motifs is 1. The smallest absolute Gasteiger partial charge is 0.365 e. The molecule has 0 bridgehead atoms. The molecule has 2 aliphatic heterocycles. The Morgan fingerprint density at radius 1 is 1.32 bits per heavy atom. The molecule has 31 heavy (non-hydrogen) atoms. The lowest BCUT2D eigenvalue weighted by Gasteiger charge is -2.41. The second kappa shape index (κ2) is 9.91. The molecule has 1 aromatic carbocycles. The van der Waals surface area contributed by atoms with E-state index < -0.39 is 6.17 Å². The predicted molar refractivity (Wildman–Crippen MR) is 124 cm³/mol. The number of para-hydroxylation sites is 1. The second-order valence-corrected chi connectivity index (χ2v) is 8.44. The number of aromatic nitrogens is 1. The number of nitrogens with two attached hydrogens (primary N) is 1. The van der Waals surface area contributed by atoms with Crippen molar-refractivity contribution >= 4 is 22.6 Å². The van der Waals surface area contributed by atoms with Gasteiger partial charge in [-0.15, -0.1) is 0 Å². The number of hydrogen-bond donors (Lipinski definition) is 2. The molecule has 2 fully saturated rings. The molecule has 0 saturated carbocycles. The Labute approximate surface area is 183 Å². The Morgan fingerprint density at radius 3 is 2.84 bits per heavy atom. The van der Waals surface area contributed by atoms with Crippen molar-refractivity contribution in [3.63, 3.8) is 0 Å². The van der Waals surface area contributed by atoms with Gasteiger partial charge in [-0.25, -0.2) is 4.98 Å². The molecular weight excluding hydrogens is 394 g/mol. The van der Waals surface area contributed by atoms with Gasteiger partial charge in [0.25, 0.3) is 0 Å². The van der Waals surface area contributed by atoms with Crippen LogP contribution in [0.15, 0.2) is 35.3 Å². The van der Waals surface area contributed by atoms with Crippen molar-refractivity contribution in [1.29, 1.82) is 0 Å². The molecule has 0 amide bonds. The lowest BCUT2D eigenvalue weighted by Crippen LogP contribution is -2.56. The Bertz CT molecular complexity index is 913. The summed E-state index contributed by atoms with van der Waals surface area (Å²) in [4.78, 5) is 11.4. The summed E-state index contributed by atoms with van der Waals surface area (Å²) in [6.07, 6.45) is 2.64. The maximum absolute atomic E-state index is 8.53. The molecule has 5 N–H and O–H groups in total. The van der Waals surface area contributed by atoms with Crippen LogP contribution in [-0.2, 0) is 9.47 Å². The number of ether oxygens (including phenoxy) is 2. The SMILES string of the molecule is COC1CN(c2nc3ccccc3cc2/C([OH2+])=N/C(C)N)CCC1NC1CCOCC1. The zero-order valence-electron chi connectivity index (χ0n) is 18.4. The van der Waals surface area contributed by atoms with Crippen molar-refractivity contribution in [2.75, 3.05) is 38.3 Å². The van der Waals surface area contributed by atoms with Gasteiger partial charge in [-0.3, -0.25) is 0 Å². The Kier molecular flexibility index (Phi) is 7.02. The van der Waals surface area contributed by atoms with E-state index in [0.717, 1.165) is 55.7 Å². The van der Waals surface area contributed by atoms with Crippen LogP contribution in [0.5, 0.6) is 0 Å². The molecule has 8 heteroatoms. The van der Waals surface area contributed by atoms with Crippen molar-refractivity contribution in [2.45, 2.75) is 50.5 Å². The van der Waals surface area contributed by atoms with Crippen LogP contribution >= 0.6 is 0 Å². The zero-order valence-corrected chi connectivity index (χ0v) is 18.4. The lowest BCUT2D eigenvalue weighted by molar-refractivity contribution is 0.0359. The van der Waals surface area contributed by atoms with Crippen LogP contribution in [0, 0.1) is 0 Å². The number of anilines is 1. The van der Waals surface area contributed by atoms with Crippen molar-refractivity contribution in [1.82, 2.24) is 10.3 Å². The minimum absolute atomic E-state index is 0.0391. The summed E-state index contributed by atoms with van der Waals surface area (Å²) in [7, 11) is 1.77. The molecule has 2 aliphatic rings. The third kappa shape index (κ3) is 5.15. The van der Waals surface area contributed by atoms with E-state index in [-0.39, 0.29) is 12.0 Å². The van der Waals surface area contributed by atoms with Gasteiger partial charge in [0.1, 0.15) is 17.5 Å². The highest BCUT2D eigenvalue weighted by Gasteiger charge is 2.33. The van der Waals surface area contributed by atoms with E-state index in [1.807, 2.05) is 30.3 Å². The van der Waals surface area contributed by atoms with Gasteiger partial charge in [0.05, 0.1) is 11.6 Å². The zero-order chi connectivity index (χ0) is 21.8. The summed E-state index contributed by atoms with van der Waals surface area (Å²) < 4.78 is 11.4. The normalized spacial score (nSPS) is 24.5. The summed E-state index contributed by atoms with van der Waals surface area (Å²) in [5.74, 6) is 0.944. The number of piperidine rings is 1. The number of nitrogens with one attached hydrogen (secondary N) is 1. The maximum Gasteiger partial charge on any atom is 0.365 e. The third-order valence-corrected chi connectivity index (χ3v) is 6.12. The minimum Gasteiger partial charge on any atom is -0.578 e. The molecule has 3 heterocycles. The molecule has 3 atom stereocenters. The number of benzene rings is 1. The fourth-order valence-electron chi connectivity index (χ4n) is 4.50. The first-order valence-corrected chi connectivity index (χ1v) is 11.1. The van der Waals surface area contributed by atoms with Gasteiger partial charge in [-0.2, -0.15) is 4.99 Å². The molecule has 0 spiro atoms. The standard InChI is InChI=1S/C23H33N5O3/c1-15(24)25-23(29)18-13-16-5-3-4-6-19(16)27-22(18)28-10-7-20(21(14-28)30-2)26-17-8-11-31-12-9-17/h3-6,13,15,17,20-21,26H,7-12,14,24H2,1-2H3,(H,25,29)/p+1. The van der Waals surface area contributed by atoms with Gasteiger partial charge in [-0.1, -0.05) is 18.2 Å². The molecule has 2 aromatic rings. The fourth-order valence-corrected chi connectivity index (χ4v) is 4.50. The Balaban J connectivity index is 1.60. The molecule has 168 valence electrons. The molecule has 0 aliphatic carbocycles. The van der Waals surface area contributed by atoms with Gasteiger partial charge in [-0.05, 0) is 38.3 Å². The van der Waals surface area contributed by atoms with E-state index in [2.05, 4.69) is 15.2 Å².